The number of hydrogen-bond donors (Lipinski definition) is 3. The Morgan fingerprint density at radius 3 is 2.21 bits per heavy atom. The van der Waals surface area contributed by atoms with E-state index in [1.54, 1.807) is 54.6 Å². The maximum Gasteiger partial charge on any atom is 0.243 e. The van der Waals surface area contributed by atoms with E-state index in [0.29, 0.717) is 11.1 Å². The molecule has 0 fully saturated rings. The van der Waals surface area contributed by atoms with Gasteiger partial charge in [0.2, 0.25) is 5.91 Å². The lowest BCUT2D eigenvalue weighted by Crippen LogP contribution is -2.33. The number of nitrogens with two attached hydrogens (primary N) is 1. The van der Waals surface area contributed by atoms with Crippen LogP contribution in [0.3, 0.4) is 0 Å². The van der Waals surface area contributed by atoms with Crippen molar-refractivity contribution in [2.24, 2.45) is 5.73 Å². The molecule has 0 aliphatic heterocycles. The lowest BCUT2D eigenvalue weighted by atomic mass is 10.1. The van der Waals surface area contributed by atoms with Crippen LogP contribution in [0.1, 0.15) is 21.9 Å². The van der Waals surface area contributed by atoms with Crippen LogP contribution in [0.15, 0.2) is 54.6 Å². The van der Waals surface area contributed by atoms with E-state index in [4.69, 9.17) is 11.1 Å². The van der Waals surface area contributed by atoms with Gasteiger partial charge in [-0.1, -0.05) is 54.6 Å². The fourth-order valence-electron chi connectivity index (χ4n) is 2.30. The van der Waals surface area contributed by atoms with Crippen LogP contribution in [0.2, 0.25) is 0 Å². The molecular formula is C17H19N3O3S. The molecule has 126 valence electrons. The minimum Gasteiger partial charge on any atom is -0.384 e. The number of nitrogen functional groups attached to an aromatic ring is 1. The van der Waals surface area contributed by atoms with Crippen molar-refractivity contribution >= 4 is 21.6 Å². The average molecular weight is 345 g/mol. The molecule has 6 nitrogen and oxygen atoms in total. The molecule has 4 N–H and O–H groups in total. The second kappa shape index (κ2) is 7.27. The first-order valence-corrected chi connectivity index (χ1v) is 9.19. The number of rotatable bonds is 6. The standard InChI is InChI=1S/C17H19N3O3S/c1-24(22,23)15(13-5-3-2-4-6-13)17(21)20-11-12-7-9-14(10-8-12)16(18)19/h2-10,15H,11H2,1H3,(H3,18,19)(H,20,21)/t15-/m0/s1. The highest BCUT2D eigenvalue weighted by atomic mass is 32.2. The molecule has 24 heavy (non-hydrogen) atoms. The van der Waals surface area contributed by atoms with Crippen LogP contribution in [0.25, 0.3) is 0 Å². The van der Waals surface area contributed by atoms with E-state index in [0.717, 1.165) is 11.8 Å². The van der Waals surface area contributed by atoms with Crippen molar-refractivity contribution in [1.29, 1.82) is 5.41 Å². The molecule has 2 aromatic rings. The zero-order valence-corrected chi connectivity index (χ0v) is 14.0. The Morgan fingerprint density at radius 1 is 1.12 bits per heavy atom. The van der Waals surface area contributed by atoms with E-state index >= 15 is 0 Å². The zero-order chi connectivity index (χ0) is 17.7. The van der Waals surface area contributed by atoms with E-state index in [1.165, 1.54) is 0 Å². The third kappa shape index (κ3) is 4.42. The van der Waals surface area contributed by atoms with Crippen LogP contribution in [-0.2, 0) is 21.2 Å². The van der Waals surface area contributed by atoms with Crippen LogP contribution in [0.4, 0.5) is 0 Å². The molecule has 0 aromatic heterocycles. The van der Waals surface area contributed by atoms with Crippen LogP contribution in [-0.4, -0.2) is 26.4 Å². The molecule has 1 amide bonds. The molecule has 0 heterocycles. The van der Waals surface area contributed by atoms with E-state index in [-0.39, 0.29) is 12.4 Å². The Balaban J connectivity index is 2.13. The predicted octanol–water partition coefficient (Wildman–Crippen LogP) is 1.37. The summed E-state index contributed by atoms with van der Waals surface area (Å²) in [5.74, 6) is -0.605. The average Bonchev–Trinajstić information content (AvgIpc) is 2.53. The van der Waals surface area contributed by atoms with Crippen molar-refractivity contribution in [1.82, 2.24) is 5.32 Å². The highest BCUT2D eigenvalue weighted by Crippen LogP contribution is 2.21. The SMILES string of the molecule is CS(=O)(=O)[C@H](C(=O)NCc1ccc(C(=N)N)cc1)c1ccccc1. The minimum absolute atomic E-state index is 0.0354. The number of carbonyl (C=O) groups excluding carboxylic acids is 1. The van der Waals surface area contributed by atoms with Crippen LogP contribution in [0, 0.1) is 5.41 Å². The lowest BCUT2D eigenvalue weighted by Gasteiger charge is -2.15. The van der Waals surface area contributed by atoms with Crippen LogP contribution >= 0.6 is 0 Å². The van der Waals surface area contributed by atoms with Gasteiger partial charge < -0.3 is 11.1 Å². The summed E-state index contributed by atoms with van der Waals surface area (Å²) in [5.41, 5.74) is 7.19. The second-order valence-corrected chi connectivity index (χ2v) is 7.58. The fraction of sp³-hybridized carbons (Fsp3) is 0.176. The van der Waals surface area contributed by atoms with Gasteiger partial charge in [0, 0.05) is 18.4 Å². The summed E-state index contributed by atoms with van der Waals surface area (Å²) in [6.45, 7) is 0.190. The molecule has 0 unspecified atom stereocenters. The number of hydrogen-bond acceptors (Lipinski definition) is 4. The van der Waals surface area contributed by atoms with Crippen LogP contribution < -0.4 is 11.1 Å². The van der Waals surface area contributed by atoms with Crippen molar-refractivity contribution in [3.8, 4) is 0 Å². The van der Waals surface area contributed by atoms with E-state index in [9.17, 15) is 13.2 Å². The third-order valence-electron chi connectivity index (χ3n) is 3.50. The summed E-state index contributed by atoms with van der Waals surface area (Å²) in [6, 6.07) is 15.2. The van der Waals surface area contributed by atoms with Gasteiger partial charge in [0.25, 0.3) is 0 Å². The van der Waals surface area contributed by atoms with Gasteiger partial charge in [-0.2, -0.15) is 0 Å². The van der Waals surface area contributed by atoms with Gasteiger partial charge in [0.15, 0.2) is 15.1 Å². The van der Waals surface area contributed by atoms with Crippen molar-refractivity contribution in [2.75, 3.05) is 6.26 Å². The number of sulfone groups is 1. The molecule has 0 bridgehead atoms. The van der Waals surface area contributed by atoms with Gasteiger partial charge >= 0.3 is 0 Å². The first kappa shape index (κ1) is 17.7. The summed E-state index contributed by atoms with van der Waals surface area (Å²) >= 11 is 0. The molecule has 1 atom stereocenters. The first-order chi connectivity index (χ1) is 11.3. The summed E-state index contributed by atoms with van der Waals surface area (Å²) in [4.78, 5) is 12.4. The Kier molecular flexibility index (Phi) is 5.35. The zero-order valence-electron chi connectivity index (χ0n) is 13.2. The Morgan fingerprint density at radius 2 is 1.71 bits per heavy atom. The minimum atomic E-state index is -3.60. The molecule has 0 saturated heterocycles. The van der Waals surface area contributed by atoms with E-state index in [2.05, 4.69) is 5.32 Å². The molecule has 0 aliphatic carbocycles. The number of amides is 1. The molecular weight excluding hydrogens is 326 g/mol. The fourth-order valence-corrected chi connectivity index (χ4v) is 3.43. The largest absolute Gasteiger partial charge is 0.384 e. The van der Waals surface area contributed by atoms with Gasteiger partial charge in [-0.3, -0.25) is 10.2 Å². The molecule has 0 spiro atoms. The van der Waals surface area contributed by atoms with Gasteiger partial charge in [-0.05, 0) is 11.1 Å². The summed E-state index contributed by atoms with van der Waals surface area (Å²) in [6.07, 6.45) is 1.05. The van der Waals surface area contributed by atoms with Gasteiger partial charge in [0.1, 0.15) is 5.84 Å². The summed E-state index contributed by atoms with van der Waals surface area (Å²) < 4.78 is 24.0. The van der Waals surface area contributed by atoms with E-state index < -0.39 is 21.0 Å². The number of nitrogens with one attached hydrogen (secondary N) is 2. The molecule has 0 radical (unpaired) electrons. The predicted molar refractivity (Wildman–Crippen MR) is 93.3 cm³/mol. The maximum atomic E-state index is 12.4. The normalized spacial score (nSPS) is 12.4. The lowest BCUT2D eigenvalue weighted by molar-refractivity contribution is -0.120. The number of amidine groups is 1. The summed E-state index contributed by atoms with van der Waals surface area (Å²) in [5, 5.41) is 8.75. The van der Waals surface area contributed by atoms with Crippen molar-refractivity contribution < 1.29 is 13.2 Å². The molecule has 0 aliphatic rings. The monoisotopic (exact) mass is 345 g/mol. The van der Waals surface area contributed by atoms with E-state index in [1.807, 2.05) is 0 Å². The summed E-state index contributed by atoms with van der Waals surface area (Å²) in [7, 11) is -3.60. The highest BCUT2D eigenvalue weighted by Gasteiger charge is 2.30. The van der Waals surface area contributed by atoms with Crippen LogP contribution in [0.5, 0.6) is 0 Å². The molecule has 2 aromatic carbocycles. The third-order valence-corrected chi connectivity index (χ3v) is 4.84. The molecule has 7 heteroatoms. The number of benzene rings is 2. The topological polar surface area (TPSA) is 113 Å². The first-order valence-electron chi connectivity index (χ1n) is 7.24. The Bertz CT molecular complexity index is 831. The highest BCUT2D eigenvalue weighted by molar-refractivity contribution is 7.91. The van der Waals surface area contributed by atoms with Crippen molar-refractivity contribution in [2.45, 2.75) is 11.8 Å². The van der Waals surface area contributed by atoms with Gasteiger partial charge in [-0.15, -0.1) is 0 Å². The molecule has 2 rings (SSSR count). The van der Waals surface area contributed by atoms with Crippen molar-refractivity contribution in [3.63, 3.8) is 0 Å². The number of carbonyl (C=O) groups is 1. The molecule has 0 saturated carbocycles. The Labute approximate surface area is 141 Å². The van der Waals surface area contributed by atoms with Crippen molar-refractivity contribution in [3.05, 3.63) is 71.3 Å². The van der Waals surface area contributed by atoms with Gasteiger partial charge in [-0.25, -0.2) is 8.42 Å². The quantitative estimate of drug-likeness (QED) is 0.542. The maximum absolute atomic E-state index is 12.4. The second-order valence-electron chi connectivity index (χ2n) is 5.45. The Hall–Kier alpha value is -2.67. The smallest absolute Gasteiger partial charge is 0.243 e. The van der Waals surface area contributed by atoms with Gasteiger partial charge in [0.05, 0.1) is 0 Å².